The Labute approximate surface area is 119 Å². The lowest BCUT2D eigenvalue weighted by atomic mass is 10.0. The first kappa shape index (κ1) is 13.0. The van der Waals surface area contributed by atoms with E-state index in [2.05, 4.69) is 34.6 Å². The van der Waals surface area contributed by atoms with E-state index in [0.717, 1.165) is 24.8 Å². The summed E-state index contributed by atoms with van der Waals surface area (Å²) in [4.78, 5) is 15.1. The molecule has 3 nitrogen and oxygen atoms in total. The minimum atomic E-state index is 0.168. The van der Waals surface area contributed by atoms with Crippen LogP contribution in [0.25, 0.3) is 10.9 Å². The molecule has 3 heteroatoms. The smallest absolute Gasteiger partial charge is 0.220 e. The molecule has 3 rings (SSSR count). The van der Waals surface area contributed by atoms with Crippen LogP contribution in [0.4, 0.5) is 0 Å². The van der Waals surface area contributed by atoms with Gasteiger partial charge in [0, 0.05) is 30.1 Å². The van der Waals surface area contributed by atoms with Gasteiger partial charge >= 0.3 is 0 Å². The second-order valence-corrected chi connectivity index (χ2v) is 5.43. The van der Waals surface area contributed by atoms with E-state index in [1.807, 2.05) is 18.3 Å². The van der Waals surface area contributed by atoms with Crippen molar-refractivity contribution >= 4 is 16.8 Å². The molecule has 0 spiro atoms. The van der Waals surface area contributed by atoms with Gasteiger partial charge < -0.3 is 10.3 Å². The van der Waals surface area contributed by atoms with Gasteiger partial charge in [-0.1, -0.05) is 30.4 Å². The molecule has 0 unspecified atom stereocenters. The van der Waals surface area contributed by atoms with Crippen LogP contribution in [0.2, 0.25) is 0 Å². The molecule has 1 amide bonds. The number of benzene rings is 1. The Hall–Kier alpha value is -2.03. The molecule has 1 aromatic heterocycles. The molecule has 1 aliphatic rings. The van der Waals surface area contributed by atoms with Crippen molar-refractivity contribution < 1.29 is 4.79 Å². The van der Waals surface area contributed by atoms with Crippen LogP contribution in [0.5, 0.6) is 0 Å². The Kier molecular flexibility index (Phi) is 3.86. The second-order valence-electron chi connectivity index (χ2n) is 5.43. The van der Waals surface area contributed by atoms with E-state index >= 15 is 0 Å². The minimum absolute atomic E-state index is 0.168. The molecule has 0 radical (unpaired) electrons. The molecular formula is C17H20N2O. The molecule has 1 aromatic carbocycles. The first-order valence-electron chi connectivity index (χ1n) is 7.31. The number of carbonyl (C=O) groups is 1. The Morgan fingerprint density at radius 2 is 2.25 bits per heavy atom. The molecule has 2 N–H and O–H groups in total. The summed E-state index contributed by atoms with van der Waals surface area (Å²) in [5, 5.41) is 4.28. The highest BCUT2D eigenvalue weighted by atomic mass is 16.1. The van der Waals surface area contributed by atoms with Gasteiger partial charge in [-0.15, -0.1) is 0 Å². The van der Waals surface area contributed by atoms with Crippen LogP contribution in [0.3, 0.4) is 0 Å². The highest BCUT2D eigenvalue weighted by Crippen LogP contribution is 2.20. The van der Waals surface area contributed by atoms with E-state index in [4.69, 9.17) is 0 Å². The van der Waals surface area contributed by atoms with Crippen LogP contribution >= 0.6 is 0 Å². The molecule has 1 aliphatic carbocycles. The van der Waals surface area contributed by atoms with Crippen LogP contribution in [0.1, 0.15) is 24.8 Å². The molecule has 20 heavy (non-hydrogen) atoms. The third kappa shape index (κ3) is 2.93. The van der Waals surface area contributed by atoms with E-state index < -0.39 is 0 Å². The number of aromatic amines is 1. The van der Waals surface area contributed by atoms with Gasteiger partial charge in [-0.25, -0.2) is 0 Å². The lowest BCUT2D eigenvalue weighted by Gasteiger charge is -2.08. The number of H-pyrrole nitrogens is 1. The van der Waals surface area contributed by atoms with Gasteiger partial charge in [0.05, 0.1) is 0 Å². The third-order valence-electron chi connectivity index (χ3n) is 3.95. The predicted octanol–water partition coefficient (Wildman–Crippen LogP) is 3.18. The van der Waals surface area contributed by atoms with Crippen LogP contribution in [-0.2, 0) is 11.2 Å². The van der Waals surface area contributed by atoms with Crippen LogP contribution in [-0.4, -0.2) is 17.4 Å². The molecule has 2 aromatic rings. The van der Waals surface area contributed by atoms with Gasteiger partial charge in [-0.05, 0) is 36.8 Å². The van der Waals surface area contributed by atoms with E-state index in [9.17, 15) is 4.79 Å². The minimum Gasteiger partial charge on any atom is -0.361 e. The fraction of sp³-hybridized carbons (Fsp3) is 0.353. The molecule has 0 fully saturated rings. The van der Waals surface area contributed by atoms with Crippen molar-refractivity contribution in [1.29, 1.82) is 0 Å². The summed E-state index contributed by atoms with van der Waals surface area (Å²) in [5.74, 6) is 0.615. The topological polar surface area (TPSA) is 44.9 Å². The van der Waals surface area contributed by atoms with E-state index in [1.165, 1.54) is 10.9 Å². The summed E-state index contributed by atoms with van der Waals surface area (Å²) in [6, 6.07) is 8.26. The first-order valence-corrected chi connectivity index (χ1v) is 7.31. The van der Waals surface area contributed by atoms with Crippen molar-refractivity contribution in [3.63, 3.8) is 0 Å². The highest BCUT2D eigenvalue weighted by molar-refractivity contribution is 5.83. The maximum absolute atomic E-state index is 11.8. The number of amides is 1. The molecule has 0 saturated heterocycles. The summed E-state index contributed by atoms with van der Waals surface area (Å²) in [7, 11) is 0. The first-order chi connectivity index (χ1) is 9.83. The molecule has 0 bridgehead atoms. The Morgan fingerprint density at radius 1 is 1.35 bits per heavy atom. The number of hydrogen-bond acceptors (Lipinski definition) is 1. The maximum atomic E-state index is 11.8. The summed E-state index contributed by atoms with van der Waals surface area (Å²) in [6.07, 6.45) is 10.1. The molecule has 104 valence electrons. The van der Waals surface area contributed by atoms with Gasteiger partial charge in [0.2, 0.25) is 5.91 Å². The summed E-state index contributed by atoms with van der Waals surface area (Å²) in [5.41, 5.74) is 2.42. The average molecular weight is 268 g/mol. The number of rotatable bonds is 5. The zero-order valence-electron chi connectivity index (χ0n) is 11.6. The van der Waals surface area contributed by atoms with Crippen molar-refractivity contribution in [1.82, 2.24) is 10.3 Å². The lowest BCUT2D eigenvalue weighted by Crippen LogP contribution is -2.26. The van der Waals surface area contributed by atoms with Crippen LogP contribution < -0.4 is 5.32 Å². The maximum Gasteiger partial charge on any atom is 0.220 e. The average Bonchev–Trinajstić information content (AvgIpc) is 3.09. The van der Waals surface area contributed by atoms with Gasteiger partial charge in [0.1, 0.15) is 0 Å². The number of aromatic nitrogens is 1. The highest BCUT2D eigenvalue weighted by Gasteiger charge is 2.13. The predicted molar refractivity (Wildman–Crippen MR) is 81.5 cm³/mol. The van der Waals surface area contributed by atoms with Crippen LogP contribution in [0, 0.1) is 5.92 Å². The van der Waals surface area contributed by atoms with Crippen molar-refractivity contribution in [3.8, 4) is 0 Å². The zero-order chi connectivity index (χ0) is 13.8. The molecular weight excluding hydrogens is 248 g/mol. The van der Waals surface area contributed by atoms with Gasteiger partial charge in [-0.3, -0.25) is 4.79 Å². The summed E-state index contributed by atoms with van der Waals surface area (Å²) >= 11 is 0. The number of para-hydroxylation sites is 1. The SMILES string of the molecule is O=C(C[C@@H]1C=CCC1)NCCc1c[nH]c2ccccc12. The molecule has 0 saturated carbocycles. The third-order valence-corrected chi connectivity index (χ3v) is 3.95. The van der Waals surface area contributed by atoms with E-state index in [0.29, 0.717) is 18.9 Å². The summed E-state index contributed by atoms with van der Waals surface area (Å²) < 4.78 is 0. The van der Waals surface area contributed by atoms with Gasteiger partial charge in [-0.2, -0.15) is 0 Å². The van der Waals surface area contributed by atoms with Crippen molar-refractivity contribution in [2.45, 2.75) is 25.7 Å². The Bertz CT molecular complexity index is 627. The monoisotopic (exact) mass is 268 g/mol. The van der Waals surface area contributed by atoms with Gasteiger partial charge in [0.25, 0.3) is 0 Å². The van der Waals surface area contributed by atoms with Crippen molar-refractivity contribution in [3.05, 3.63) is 48.2 Å². The Balaban J connectivity index is 1.49. The van der Waals surface area contributed by atoms with E-state index in [-0.39, 0.29) is 5.91 Å². The quantitative estimate of drug-likeness (QED) is 0.804. The van der Waals surface area contributed by atoms with Gasteiger partial charge in [0.15, 0.2) is 0 Å². The second kappa shape index (κ2) is 5.95. The zero-order valence-corrected chi connectivity index (χ0v) is 11.6. The van der Waals surface area contributed by atoms with Crippen LogP contribution in [0.15, 0.2) is 42.6 Å². The molecule has 0 aliphatic heterocycles. The fourth-order valence-corrected chi connectivity index (χ4v) is 2.85. The van der Waals surface area contributed by atoms with Crippen molar-refractivity contribution in [2.24, 2.45) is 5.92 Å². The Morgan fingerprint density at radius 3 is 3.10 bits per heavy atom. The number of carbonyl (C=O) groups excluding carboxylic acids is 1. The lowest BCUT2D eigenvalue weighted by molar-refractivity contribution is -0.121. The van der Waals surface area contributed by atoms with Crippen molar-refractivity contribution in [2.75, 3.05) is 6.54 Å². The number of nitrogens with one attached hydrogen (secondary N) is 2. The number of hydrogen-bond donors (Lipinski definition) is 2. The largest absolute Gasteiger partial charge is 0.361 e. The number of fused-ring (bicyclic) bond motifs is 1. The normalized spacial score (nSPS) is 17.7. The summed E-state index contributed by atoms with van der Waals surface area (Å²) in [6.45, 7) is 0.705. The fourth-order valence-electron chi connectivity index (χ4n) is 2.85. The molecule has 1 heterocycles. The number of allylic oxidation sites excluding steroid dienone is 2. The molecule has 1 atom stereocenters. The standard InChI is InChI=1S/C17H20N2O/c20-17(11-13-5-1-2-6-13)18-10-9-14-12-19-16-8-4-3-7-15(14)16/h1,3-5,7-8,12-13,19H,2,6,9-11H2,(H,18,20)/t13-/m1/s1. The van der Waals surface area contributed by atoms with E-state index in [1.54, 1.807) is 0 Å².